The number of hydrogen-bond acceptors (Lipinski definition) is 6. The second-order valence-electron chi connectivity index (χ2n) is 7.58. The molecule has 0 fully saturated rings. The summed E-state index contributed by atoms with van der Waals surface area (Å²) >= 11 is 0. The van der Waals surface area contributed by atoms with Crippen LogP contribution in [0.15, 0.2) is 78.9 Å². The lowest BCUT2D eigenvalue weighted by molar-refractivity contribution is -0.123. The van der Waals surface area contributed by atoms with Crippen molar-refractivity contribution < 1.29 is 28.7 Å². The quantitative estimate of drug-likeness (QED) is 0.432. The fourth-order valence-corrected chi connectivity index (χ4v) is 3.55. The average molecular weight is 456 g/mol. The number of benzene rings is 3. The van der Waals surface area contributed by atoms with Crippen LogP contribution in [0.2, 0.25) is 0 Å². The Bertz CT molecular complexity index is 1270. The molecule has 0 spiro atoms. The molecule has 0 radical (unpaired) electrons. The van der Waals surface area contributed by atoms with Crippen LogP contribution < -0.4 is 5.32 Å². The van der Waals surface area contributed by atoms with Gasteiger partial charge in [-0.25, -0.2) is 4.79 Å². The van der Waals surface area contributed by atoms with Crippen molar-refractivity contribution >= 4 is 29.6 Å². The first-order chi connectivity index (χ1) is 16.4. The minimum Gasteiger partial charge on any atom is -0.452 e. The van der Waals surface area contributed by atoms with Crippen molar-refractivity contribution in [2.75, 3.05) is 13.2 Å². The third-order valence-corrected chi connectivity index (χ3v) is 5.30. The van der Waals surface area contributed by atoms with Crippen molar-refractivity contribution in [3.63, 3.8) is 0 Å². The molecule has 170 valence electrons. The second kappa shape index (κ2) is 9.91. The first-order valence-electron chi connectivity index (χ1n) is 10.5. The highest BCUT2D eigenvalue weighted by Crippen LogP contribution is 2.24. The predicted molar refractivity (Wildman–Crippen MR) is 121 cm³/mol. The number of imide groups is 2. The van der Waals surface area contributed by atoms with E-state index in [0.29, 0.717) is 12.0 Å². The fourth-order valence-electron chi connectivity index (χ4n) is 3.55. The molecule has 1 heterocycles. The van der Waals surface area contributed by atoms with Crippen molar-refractivity contribution in [3.8, 4) is 0 Å². The highest BCUT2D eigenvalue weighted by Gasteiger charge is 2.35. The van der Waals surface area contributed by atoms with Crippen molar-refractivity contribution in [1.82, 2.24) is 10.2 Å². The summed E-state index contributed by atoms with van der Waals surface area (Å²) in [5.74, 6) is -3.17. The van der Waals surface area contributed by atoms with E-state index in [2.05, 4.69) is 5.32 Å². The van der Waals surface area contributed by atoms with Crippen molar-refractivity contribution in [1.29, 1.82) is 0 Å². The second-order valence-corrected chi connectivity index (χ2v) is 7.58. The Morgan fingerprint density at radius 1 is 0.765 bits per heavy atom. The summed E-state index contributed by atoms with van der Waals surface area (Å²) in [5.41, 5.74) is 1.62. The number of carbonyl (C=O) groups excluding carboxylic acids is 5. The lowest BCUT2D eigenvalue weighted by Crippen LogP contribution is -2.34. The maximum atomic E-state index is 12.8. The van der Waals surface area contributed by atoms with E-state index < -0.39 is 36.2 Å². The zero-order chi connectivity index (χ0) is 24.1. The van der Waals surface area contributed by atoms with Crippen LogP contribution in [-0.2, 0) is 16.0 Å². The van der Waals surface area contributed by atoms with Gasteiger partial charge >= 0.3 is 5.97 Å². The van der Waals surface area contributed by atoms with Crippen LogP contribution in [-0.4, -0.2) is 47.6 Å². The van der Waals surface area contributed by atoms with E-state index in [1.807, 2.05) is 30.3 Å². The Kier molecular flexibility index (Phi) is 6.59. The molecule has 4 amide bonds. The molecule has 0 bridgehead atoms. The summed E-state index contributed by atoms with van der Waals surface area (Å²) in [6, 6.07) is 21.6. The first kappa shape index (κ1) is 22.6. The van der Waals surface area contributed by atoms with Gasteiger partial charge in [0.2, 0.25) is 0 Å². The Morgan fingerprint density at radius 3 is 2.12 bits per heavy atom. The summed E-state index contributed by atoms with van der Waals surface area (Å²) < 4.78 is 4.97. The monoisotopic (exact) mass is 456 g/mol. The third-order valence-electron chi connectivity index (χ3n) is 5.30. The van der Waals surface area contributed by atoms with Crippen LogP contribution in [0.5, 0.6) is 0 Å². The summed E-state index contributed by atoms with van der Waals surface area (Å²) in [6.45, 7) is -0.462. The van der Waals surface area contributed by atoms with Gasteiger partial charge in [-0.05, 0) is 42.3 Å². The van der Waals surface area contributed by atoms with Gasteiger partial charge in [0.15, 0.2) is 6.61 Å². The van der Waals surface area contributed by atoms with Gasteiger partial charge in [-0.2, -0.15) is 0 Å². The zero-order valence-electron chi connectivity index (χ0n) is 18.0. The molecule has 3 aromatic carbocycles. The number of esters is 1. The highest BCUT2D eigenvalue weighted by atomic mass is 16.5. The van der Waals surface area contributed by atoms with E-state index in [0.717, 1.165) is 10.5 Å². The Balaban J connectivity index is 1.35. The topological polar surface area (TPSA) is 110 Å². The number of hydrogen-bond donors (Lipinski definition) is 1. The average Bonchev–Trinajstić information content (AvgIpc) is 3.11. The van der Waals surface area contributed by atoms with Gasteiger partial charge in [0.05, 0.1) is 16.7 Å². The molecule has 0 atom stereocenters. The van der Waals surface area contributed by atoms with Gasteiger partial charge in [0, 0.05) is 12.1 Å². The number of rotatable bonds is 7. The van der Waals surface area contributed by atoms with Crippen LogP contribution in [0.25, 0.3) is 0 Å². The molecule has 0 aromatic heterocycles. The first-order valence-corrected chi connectivity index (χ1v) is 10.5. The predicted octanol–water partition coefficient (Wildman–Crippen LogP) is 2.64. The van der Waals surface area contributed by atoms with E-state index in [1.54, 1.807) is 30.3 Å². The van der Waals surface area contributed by atoms with Crippen LogP contribution in [0.4, 0.5) is 0 Å². The summed E-state index contributed by atoms with van der Waals surface area (Å²) in [6.07, 6.45) is 0.512. The van der Waals surface area contributed by atoms with Gasteiger partial charge in [0.25, 0.3) is 23.6 Å². The fraction of sp³-hybridized carbons (Fsp3) is 0.115. The SMILES string of the molecule is O=C(COC(=O)c1ccc2c(c1)C(=O)N(CCc1ccccc1)C2=O)NC(=O)c1ccccc1. The molecule has 1 N–H and O–H groups in total. The molecule has 4 rings (SSSR count). The molecule has 3 aromatic rings. The number of carbonyl (C=O) groups is 5. The maximum Gasteiger partial charge on any atom is 0.338 e. The summed E-state index contributed by atoms with van der Waals surface area (Å²) in [4.78, 5) is 62.9. The normalized spacial score (nSPS) is 12.3. The molecule has 0 unspecified atom stereocenters. The molecular weight excluding hydrogens is 436 g/mol. The number of nitrogens with zero attached hydrogens (tertiary/aromatic N) is 1. The molecule has 0 aliphatic carbocycles. The van der Waals surface area contributed by atoms with Crippen LogP contribution in [0.1, 0.15) is 47.0 Å². The van der Waals surface area contributed by atoms with Crippen molar-refractivity contribution in [3.05, 3.63) is 107 Å². The lowest BCUT2D eigenvalue weighted by Gasteiger charge is -2.13. The Hall–Kier alpha value is -4.59. The number of fused-ring (bicyclic) bond motifs is 1. The van der Waals surface area contributed by atoms with E-state index in [4.69, 9.17) is 4.74 Å². The zero-order valence-corrected chi connectivity index (χ0v) is 18.0. The minimum absolute atomic E-state index is 0.0204. The minimum atomic E-state index is -0.854. The Labute approximate surface area is 195 Å². The summed E-state index contributed by atoms with van der Waals surface area (Å²) in [5, 5.41) is 2.13. The smallest absolute Gasteiger partial charge is 0.338 e. The van der Waals surface area contributed by atoms with E-state index in [1.165, 1.54) is 18.2 Å². The standard InChI is InChI=1S/C26H20N2O6/c29-22(27-23(30)18-9-5-2-6-10-18)16-34-26(33)19-11-12-20-21(15-19)25(32)28(24(20)31)14-13-17-7-3-1-4-8-17/h1-12,15H,13-14,16H2,(H,27,29,30). The third kappa shape index (κ3) is 4.91. The molecule has 1 aliphatic rings. The van der Waals surface area contributed by atoms with Gasteiger partial charge < -0.3 is 4.74 Å². The van der Waals surface area contributed by atoms with Crippen LogP contribution in [0.3, 0.4) is 0 Å². The molecule has 34 heavy (non-hydrogen) atoms. The largest absolute Gasteiger partial charge is 0.452 e. The van der Waals surface area contributed by atoms with Crippen LogP contribution >= 0.6 is 0 Å². The van der Waals surface area contributed by atoms with Crippen LogP contribution in [0, 0.1) is 0 Å². The molecule has 0 saturated heterocycles. The summed E-state index contributed by atoms with van der Waals surface area (Å²) in [7, 11) is 0. The maximum absolute atomic E-state index is 12.8. The number of ether oxygens (including phenoxy) is 1. The van der Waals surface area contributed by atoms with E-state index in [9.17, 15) is 24.0 Å². The highest BCUT2D eigenvalue weighted by molar-refractivity contribution is 6.22. The number of nitrogens with one attached hydrogen (secondary N) is 1. The van der Waals surface area contributed by atoms with Gasteiger partial charge in [-0.15, -0.1) is 0 Å². The lowest BCUT2D eigenvalue weighted by atomic mass is 10.1. The molecule has 0 saturated carbocycles. The van der Waals surface area contributed by atoms with E-state index >= 15 is 0 Å². The Morgan fingerprint density at radius 2 is 1.41 bits per heavy atom. The molecule has 8 nitrogen and oxygen atoms in total. The van der Waals surface area contributed by atoms with E-state index in [-0.39, 0.29) is 23.2 Å². The molecule has 1 aliphatic heterocycles. The molecular formula is C26H20N2O6. The van der Waals surface area contributed by atoms with Gasteiger partial charge in [0.1, 0.15) is 0 Å². The van der Waals surface area contributed by atoms with Gasteiger partial charge in [-0.3, -0.25) is 29.4 Å². The number of amides is 4. The van der Waals surface area contributed by atoms with Crippen molar-refractivity contribution in [2.24, 2.45) is 0 Å². The van der Waals surface area contributed by atoms with Gasteiger partial charge in [-0.1, -0.05) is 48.5 Å². The molecule has 8 heteroatoms. The van der Waals surface area contributed by atoms with Crippen molar-refractivity contribution in [2.45, 2.75) is 6.42 Å².